The highest BCUT2D eigenvalue weighted by atomic mass is 16.5. The summed E-state index contributed by atoms with van der Waals surface area (Å²) in [7, 11) is 0. The van der Waals surface area contributed by atoms with E-state index in [0.717, 1.165) is 38.4 Å². The van der Waals surface area contributed by atoms with Gasteiger partial charge in [0.05, 0.1) is 6.61 Å². The van der Waals surface area contributed by atoms with Crippen molar-refractivity contribution in [1.29, 1.82) is 0 Å². The summed E-state index contributed by atoms with van der Waals surface area (Å²) in [6.07, 6.45) is 61.0. The van der Waals surface area contributed by atoms with Crippen molar-refractivity contribution in [2.24, 2.45) is 0 Å². The van der Waals surface area contributed by atoms with Crippen molar-refractivity contribution in [3.8, 4) is 0 Å². The molecule has 0 bridgehead atoms. The van der Waals surface area contributed by atoms with E-state index in [-0.39, 0.29) is 5.97 Å². The van der Waals surface area contributed by atoms with E-state index in [9.17, 15) is 9.59 Å². The Kier molecular flexibility index (Phi) is 45.9. The fraction of sp³-hybridized carbons (Fsp3) is 0.917. The van der Waals surface area contributed by atoms with Crippen LogP contribution in [0.25, 0.3) is 0 Å². The van der Waals surface area contributed by atoms with Crippen LogP contribution in [0.5, 0.6) is 0 Å². The number of rotatable bonds is 45. The minimum absolute atomic E-state index is 0.0161. The van der Waals surface area contributed by atoms with Crippen molar-refractivity contribution in [3.05, 3.63) is 12.2 Å². The zero-order chi connectivity index (χ0) is 36.8. The Morgan fingerprint density at radius 2 is 0.627 bits per heavy atom. The maximum absolute atomic E-state index is 12.0. The molecule has 0 atom stereocenters. The Bertz CT molecular complexity index is 686. The summed E-state index contributed by atoms with van der Waals surface area (Å²) in [6.45, 7) is 2.90. The van der Waals surface area contributed by atoms with Gasteiger partial charge in [-0.1, -0.05) is 231 Å². The summed E-state index contributed by atoms with van der Waals surface area (Å²) >= 11 is 0. The lowest BCUT2D eigenvalue weighted by atomic mass is 10.0. The third kappa shape index (κ3) is 46.9. The molecule has 0 spiro atoms. The number of carbonyl (C=O) groups excluding carboxylic acids is 2. The van der Waals surface area contributed by atoms with Gasteiger partial charge >= 0.3 is 5.97 Å². The summed E-state index contributed by atoms with van der Waals surface area (Å²) in [6, 6.07) is 0. The van der Waals surface area contributed by atoms with Crippen molar-refractivity contribution in [1.82, 2.24) is 0 Å². The Hall–Kier alpha value is -1.12. The van der Waals surface area contributed by atoms with Gasteiger partial charge in [-0.2, -0.15) is 0 Å². The van der Waals surface area contributed by atoms with Crippen LogP contribution in [-0.4, -0.2) is 18.9 Å². The second-order valence-corrected chi connectivity index (χ2v) is 16.1. The standard InChI is InChI=1S/C48H92O3/c1-2-3-4-5-6-7-8-9-24-27-30-33-36-39-42-45-48(50)51-47-44-41-38-35-32-29-26-23-21-19-17-15-13-11-10-12-14-16-18-20-22-25-28-31-34-37-40-43-46-49/h9,24,46H,2-8,10-23,25-45,47H2,1H3/b24-9-. The molecule has 0 fully saturated rings. The quantitative estimate of drug-likeness (QED) is 0.0273. The van der Waals surface area contributed by atoms with Crippen LogP contribution in [0, 0.1) is 0 Å². The first-order valence-electron chi connectivity index (χ1n) is 23.6. The lowest BCUT2D eigenvalue weighted by molar-refractivity contribution is -0.143. The highest BCUT2D eigenvalue weighted by Crippen LogP contribution is 2.17. The van der Waals surface area contributed by atoms with Crippen molar-refractivity contribution >= 4 is 12.3 Å². The first-order chi connectivity index (χ1) is 25.3. The molecule has 0 heterocycles. The third-order valence-corrected chi connectivity index (χ3v) is 10.9. The van der Waals surface area contributed by atoms with Gasteiger partial charge in [0.1, 0.15) is 6.29 Å². The van der Waals surface area contributed by atoms with Gasteiger partial charge in [0.15, 0.2) is 0 Å². The topological polar surface area (TPSA) is 43.4 Å². The maximum atomic E-state index is 12.0. The average molecular weight is 717 g/mol. The van der Waals surface area contributed by atoms with Crippen LogP contribution >= 0.6 is 0 Å². The Morgan fingerprint density at radius 1 is 0.353 bits per heavy atom. The summed E-state index contributed by atoms with van der Waals surface area (Å²) in [5, 5.41) is 0. The predicted octanol–water partition coefficient (Wildman–Crippen LogP) is 16.7. The van der Waals surface area contributed by atoms with Crippen LogP contribution in [0.3, 0.4) is 0 Å². The second-order valence-electron chi connectivity index (χ2n) is 16.1. The van der Waals surface area contributed by atoms with Crippen molar-refractivity contribution in [2.75, 3.05) is 6.61 Å². The SMILES string of the molecule is CCCCCCCC/C=C\CCCCCCCC(=O)OCCCCCCCCCCCCCCCCCCCCCCCCCCCCCC=O. The first-order valence-corrected chi connectivity index (χ1v) is 23.6. The second kappa shape index (κ2) is 46.9. The number of hydrogen-bond acceptors (Lipinski definition) is 3. The highest BCUT2D eigenvalue weighted by molar-refractivity contribution is 5.69. The van der Waals surface area contributed by atoms with E-state index < -0.39 is 0 Å². The molecule has 0 rings (SSSR count). The minimum atomic E-state index is 0.0161. The fourth-order valence-electron chi connectivity index (χ4n) is 7.35. The molecule has 3 heteroatoms. The average Bonchev–Trinajstić information content (AvgIpc) is 3.14. The van der Waals surface area contributed by atoms with E-state index in [1.54, 1.807) is 0 Å². The number of aldehydes is 1. The van der Waals surface area contributed by atoms with Crippen molar-refractivity contribution in [3.63, 3.8) is 0 Å². The van der Waals surface area contributed by atoms with E-state index >= 15 is 0 Å². The molecule has 3 nitrogen and oxygen atoms in total. The van der Waals surface area contributed by atoms with E-state index in [4.69, 9.17) is 4.74 Å². The first kappa shape index (κ1) is 49.9. The van der Waals surface area contributed by atoms with Gasteiger partial charge in [-0.05, 0) is 44.9 Å². The molecular weight excluding hydrogens is 625 g/mol. The number of allylic oxidation sites excluding steroid dienone is 2. The zero-order valence-corrected chi connectivity index (χ0v) is 34.9. The highest BCUT2D eigenvalue weighted by Gasteiger charge is 2.03. The monoisotopic (exact) mass is 717 g/mol. The van der Waals surface area contributed by atoms with Crippen LogP contribution < -0.4 is 0 Å². The molecule has 51 heavy (non-hydrogen) atoms. The van der Waals surface area contributed by atoms with E-state index in [1.165, 1.54) is 231 Å². The molecule has 0 amide bonds. The maximum Gasteiger partial charge on any atom is 0.305 e. The molecule has 0 aliphatic heterocycles. The van der Waals surface area contributed by atoms with E-state index in [0.29, 0.717) is 13.0 Å². The molecular formula is C48H92O3. The summed E-state index contributed by atoms with van der Waals surface area (Å²) in [5.74, 6) is 0.0161. The molecule has 0 aromatic heterocycles. The lowest BCUT2D eigenvalue weighted by Gasteiger charge is -2.06. The molecule has 0 saturated carbocycles. The molecule has 0 saturated heterocycles. The van der Waals surface area contributed by atoms with Gasteiger partial charge in [-0.25, -0.2) is 0 Å². The van der Waals surface area contributed by atoms with Crippen LogP contribution in [0.4, 0.5) is 0 Å². The summed E-state index contributed by atoms with van der Waals surface area (Å²) in [4.78, 5) is 22.3. The van der Waals surface area contributed by atoms with Crippen LogP contribution in [0.1, 0.15) is 277 Å². The van der Waals surface area contributed by atoms with Gasteiger partial charge in [-0.3, -0.25) is 4.79 Å². The summed E-state index contributed by atoms with van der Waals surface area (Å²) < 4.78 is 5.47. The van der Waals surface area contributed by atoms with Gasteiger partial charge < -0.3 is 9.53 Å². The smallest absolute Gasteiger partial charge is 0.305 e. The molecule has 0 aliphatic carbocycles. The predicted molar refractivity (Wildman–Crippen MR) is 226 cm³/mol. The number of carbonyl (C=O) groups is 2. The molecule has 0 aromatic rings. The minimum Gasteiger partial charge on any atom is -0.466 e. The summed E-state index contributed by atoms with van der Waals surface area (Å²) in [5.41, 5.74) is 0. The van der Waals surface area contributed by atoms with Gasteiger partial charge in [0, 0.05) is 12.8 Å². The third-order valence-electron chi connectivity index (χ3n) is 10.9. The lowest BCUT2D eigenvalue weighted by Crippen LogP contribution is -2.05. The Balaban J connectivity index is 3.15. The largest absolute Gasteiger partial charge is 0.466 e. The number of hydrogen-bond donors (Lipinski definition) is 0. The fourth-order valence-corrected chi connectivity index (χ4v) is 7.35. The normalized spacial score (nSPS) is 11.5. The molecule has 0 N–H and O–H groups in total. The van der Waals surface area contributed by atoms with Crippen LogP contribution in [-0.2, 0) is 14.3 Å². The van der Waals surface area contributed by atoms with E-state index in [2.05, 4.69) is 19.1 Å². The molecule has 0 aromatic carbocycles. The van der Waals surface area contributed by atoms with Crippen molar-refractivity contribution < 1.29 is 14.3 Å². The number of unbranched alkanes of at least 4 members (excludes halogenated alkanes) is 38. The van der Waals surface area contributed by atoms with E-state index in [1.807, 2.05) is 0 Å². The molecule has 0 radical (unpaired) electrons. The van der Waals surface area contributed by atoms with Crippen LogP contribution in [0.2, 0.25) is 0 Å². The molecule has 0 unspecified atom stereocenters. The van der Waals surface area contributed by atoms with Crippen molar-refractivity contribution in [2.45, 2.75) is 277 Å². The molecule has 0 aliphatic rings. The number of esters is 1. The van der Waals surface area contributed by atoms with Gasteiger partial charge in [-0.15, -0.1) is 0 Å². The zero-order valence-electron chi connectivity index (χ0n) is 34.9. The van der Waals surface area contributed by atoms with Crippen LogP contribution in [0.15, 0.2) is 12.2 Å². The van der Waals surface area contributed by atoms with Gasteiger partial charge in [0.25, 0.3) is 0 Å². The Labute approximate surface area is 321 Å². The van der Waals surface area contributed by atoms with Gasteiger partial charge in [0.2, 0.25) is 0 Å². The number of ether oxygens (including phenoxy) is 1. The Morgan fingerprint density at radius 3 is 0.961 bits per heavy atom. The molecule has 302 valence electrons.